The third-order valence-electron chi connectivity index (χ3n) is 2.14. The number of rotatable bonds is 4. The van der Waals surface area contributed by atoms with Gasteiger partial charge in [-0.15, -0.1) is 0 Å². The molecule has 0 aliphatic carbocycles. The van der Waals surface area contributed by atoms with E-state index in [2.05, 4.69) is 15.6 Å². The zero-order chi connectivity index (χ0) is 12.0. The Kier molecular flexibility index (Phi) is 4.57. The molecule has 0 aromatic carbocycles. The number of nitrogens with zero attached hydrogens (tertiary/aromatic N) is 2. The van der Waals surface area contributed by atoms with Crippen molar-refractivity contribution < 1.29 is 4.79 Å². The third-order valence-corrected chi connectivity index (χ3v) is 2.14. The fourth-order valence-corrected chi connectivity index (χ4v) is 1.20. The highest BCUT2D eigenvalue weighted by Gasteiger charge is 2.01. The minimum absolute atomic E-state index is 0.0757. The molecule has 5 heteroatoms. The lowest BCUT2D eigenvalue weighted by Crippen LogP contribution is -2.37. The maximum atomic E-state index is 11.2. The number of aromatic nitrogens is 1. The number of carbonyl (C=O) groups is 1. The predicted octanol–water partition coefficient (Wildman–Crippen LogP) is 1.07. The molecule has 0 saturated heterocycles. The van der Waals surface area contributed by atoms with Crippen LogP contribution in [0.2, 0.25) is 0 Å². The Morgan fingerprint density at radius 2 is 2.19 bits per heavy atom. The van der Waals surface area contributed by atoms with Gasteiger partial charge in [0.2, 0.25) is 0 Å². The molecule has 0 aliphatic rings. The fourth-order valence-electron chi connectivity index (χ4n) is 1.20. The van der Waals surface area contributed by atoms with Crippen LogP contribution in [0.25, 0.3) is 0 Å². The van der Waals surface area contributed by atoms with Crippen molar-refractivity contribution in [3.05, 3.63) is 24.0 Å². The fraction of sp³-hybridized carbons (Fsp3) is 0.455. The number of hydrogen-bond acceptors (Lipinski definition) is 3. The maximum Gasteiger partial charge on any atom is 0.316 e. The zero-order valence-electron chi connectivity index (χ0n) is 9.95. The van der Waals surface area contributed by atoms with Crippen LogP contribution in [-0.4, -0.2) is 43.1 Å². The van der Waals surface area contributed by atoms with Crippen molar-refractivity contribution in [2.45, 2.75) is 6.92 Å². The van der Waals surface area contributed by atoms with E-state index in [0.29, 0.717) is 13.1 Å². The van der Waals surface area contributed by atoms with E-state index in [0.717, 1.165) is 11.3 Å². The standard InChI is InChI=1S/C11H18N4O/c1-9-8-12-5-4-10(9)13-6-7-14-11(16)15(2)3/h4-5,8H,6-7H2,1-3H3,(H,12,13)(H,14,16). The molecular formula is C11H18N4O. The molecular weight excluding hydrogens is 204 g/mol. The quantitative estimate of drug-likeness (QED) is 0.749. The molecule has 2 N–H and O–H groups in total. The molecule has 0 aliphatic heterocycles. The predicted molar refractivity (Wildman–Crippen MR) is 64.5 cm³/mol. The first kappa shape index (κ1) is 12.3. The summed E-state index contributed by atoms with van der Waals surface area (Å²) in [6.45, 7) is 3.29. The van der Waals surface area contributed by atoms with Gasteiger partial charge in [0.1, 0.15) is 0 Å². The number of carbonyl (C=O) groups excluding carboxylic acids is 1. The van der Waals surface area contributed by atoms with E-state index in [9.17, 15) is 4.79 Å². The Labute approximate surface area is 95.9 Å². The van der Waals surface area contributed by atoms with Crippen LogP contribution in [0.4, 0.5) is 10.5 Å². The van der Waals surface area contributed by atoms with E-state index in [1.807, 2.05) is 13.0 Å². The van der Waals surface area contributed by atoms with Gasteiger partial charge in [-0.3, -0.25) is 4.98 Å². The number of hydrogen-bond donors (Lipinski definition) is 2. The highest BCUT2D eigenvalue weighted by atomic mass is 16.2. The van der Waals surface area contributed by atoms with E-state index in [1.54, 1.807) is 26.5 Å². The molecule has 1 aromatic heterocycles. The number of pyridine rings is 1. The number of amides is 2. The molecule has 1 heterocycles. The first-order valence-corrected chi connectivity index (χ1v) is 5.21. The Balaban J connectivity index is 2.26. The van der Waals surface area contributed by atoms with Gasteiger partial charge in [-0.1, -0.05) is 0 Å². The Morgan fingerprint density at radius 1 is 1.44 bits per heavy atom. The minimum Gasteiger partial charge on any atom is -0.383 e. The van der Waals surface area contributed by atoms with Gasteiger partial charge in [-0.2, -0.15) is 0 Å². The average molecular weight is 222 g/mol. The van der Waals surface area contributed by atoms with Crippen LogP contribution < -0.4 is 10.6 Å². The Morgan fingerprint density at radius 3 is 2.81 bits per heavy atom. The van der Waals surface area contributed by atoms with Gasteiger partial charge in [0.15, 0.2) is 0 Å². The van der Waals surface area contributed by atoms with Crippen LogP contribution in [0.3, 0.4) is 0 Å². The van der Waals surface area contributed by atoms with Crippen molar-refractivity contribution in [2.24, 2.45) is 0 Å². The summed E-state index contributed by atoms with van der Waals surface area (Å²) in [5.41, 5.74) is 2.15. The second-order valence-electron chi connectivity index (χ2n) is 3.74. The van der Waals surface area contributed by atoms with Crippen molar-refractivity contribution in [2.75, 3.05) is 32.5 Å². The number of nitrogens with one attached hydrogen (secondary N) is 2. The molecule has 88 valence electrons. The number of anilines is 1. The van der Waals surface area contributed by atoms with Crippen LogP contribution in [0.1, 0.15) is 5.56 Å². The van der Waals surface area contributed by atoms with E-state index >= 15 is 0 Å². The minimum atomic E-state index is -0.0757. The molecule has 0 spiro atoms. The molecule has 0 fully saturated rings. The summed E-state index contributed by atoms with van der Waals surface area (Å²) in [5, 5.41) is 6.01. The molecule has 2 amide bonds. The second kappa shape index (κ2) is 5.95. The van der Waals surface area contributed by atoms with Gasteiger partial charge in [0.25, 0.3) is 0 Å². The summed E-state index contributed by atoms with van der Waals surface area (Å²) in [7, 11) is 3.44. The van der Waals surface area contributed by atoms with Crippen molar-refractivity contribution >= 4 is 11.7 Å². The molecule has 5 nitrogen and oxygen atoms in total. The second-order valence-corrected chi connectivity index (χ2v) is 3.74. The number of aryl methyl sites for hydroxylation is 1. The molecule has 1 rings (SSSR count). The Hall–Kier alpha value is -1.78. The molecule has 0 unspecified atom stereocenters. The van der Waals surface area contributed by atoms with Gasteiger partial charge in [-0.05, 0) is 18.6 Å². The maximum absolute atomic E-state index is 11.2. The lowest BCUT2D eigenvalue weighted by atomic mass is 10.2. The van der Waals surface area contributed by atoms with E-state index in [4.69, 9.17) is 0 Å². The van der Waals surface area contributed by atoms with Crippen molar-refractivity contribution in [3.63, 3.8) is 0 Å². The first-order valence-electron chi connectivity index (χ1n) is 5.21. The largest absolute Gasteiger partial charge is 0.383 e. The summed E-state index contributed by atoms with van der Waals surface area (Å²) in [4.78, 5) is 16.7. The van der Waals surface area contributed by atoms with Crippen molar-refractivity contribution in [1.82, 2.24) is 15.2 Å². The normalized spacial score (nSPS) is 9.69. The SMILES string of the molecule is Cc1cnccc1NCCNC(=O)N(C)C. The van der Waals surface area contributed by atoms with E-state index < -0.39 is 0 Å². The van der Waals surface area contributed by atoms with Gasteiger partial charge < -0.3 is 15.5 Å². The van der Waals surface area contributed by atoms with Crippen LogP contribution in [-0.2, 0) is 0 Å². The topological polar surface area (TPSA) is 57.3 Å². The molecule has 0 bridgehead atoms. The van der Waals surface area contributed by atoms with Crippen molar-refractivity contribution in [1.29, 1.82) is 0 Å². The average Bonchev–Trinajstić information content (AvgIpc) is 2.26. The third kappa shape index (κ3) is 3.76. The monoisotopic (exact) mass is 222 g/mol. The molecule has 0 saturated carbocycles. The summed E-state index contributed by atoms with van der Waals surface area (Å²) in [6.07, 6.45) is 3.55. The lowest BCUT2D eigenvalue weighted by Gasteiger charge is -2.13. The van der Waals surface area contributed by atoms with E-state index in [-0.39, 0.29) is 6.03 Å². The molecule has 0 radical (unpaired) electrons. The molecule has 1 aromatic rings. The summed E-state index contributed by atoms with van der Waals surface area (Å²) in [6, 6.07) is 1.84. The summed E-state index contributed by atoms with van der Waals surface area (Å²) >= 11 is 0. The molecule has 16 heavy (non-hydrogen) atoms. The van der Waals surface area contributed by atoms with Crippen LogP contribution in [0.5, 0.6) is 0 Å². The summed E-state index contributed by atoms with van der Waals surface area (Å²) in [5.74, 6) is 0. The van der Waals surface area contributed by atoms with E-state index in [1.165, 1.54) is 4.90 Å². The highest BCUT2D eigenvalue weighted by molar-refractivity contribution is 5.73. The Bertz CT molecular complexity index is 352. The van der Waals surface area contributed by atoms with Crippen LogP contribution in [0, 0.1) is 6.92 Å². The molecule has 0 atom stereocenters. The van der Waals surface area contributed by atoms with Gasteiger partial charge >= 0.3 is 6.03 Å². The smallest absolute Gasteiger partial charge is 0.316 e. The van der Waals surface area contributed by atoms with Crippen LogP contribution in [0.15, 0.2) is 18.5 Å². The highest BCUT2D eigenvalue weighted by Crippen LogP contribution is 2.10. The van der Waals surface area contributed by atoms with Gasteiger partial charge in [-0.25, -0.2) is 4.79 Å². The first-order chi connectivity index (χ1) is 7.61. The summed E-state index contributed by atoms with van der Waals surface area (Å²) < 4.78 is 0. The zero-order valence-corrected chi connectivity index (χ0v) is 9.95. The lowest BCUT2D eigenvalue weighted by molar-refractivity contribution is 0.218. The van der Waals surface area contributed by atoms with Crippen molar-refractivity contribution in [3.8, 4) is 0 Å². The van der Waals surface area contributed by atoms with Gasteiger partial charge in [0, 0.05) is 45.3 Å². The number of urea groups is 1. The van der Waals surface area contributed by atoms with Gasteiger partial charge in [0.05, 0.1) is 0 Å². The van der Waals surface area contributed by atoms with Crippen LogP contribution >= 0.6 is 0 Å².